The van der Waals surface area contributed by atoms with Crippen LogP contribution >= 0.6 is 24.4 Å². The smallest absolute Gasteiger partial charge is 0.186 e. The molecule has 1 fully saturated rings. The summed E-state index contributed by atoms with van der Waals surface area (Å²) < 4.78 is 0. The van der Waals surface area contributed by atoms with Crippen LogP contribution in [0.25, 0.3) is 0 Å². The molecule has 1 rings (SSSR count). The van der Waals surface area contributed by atoms with E-state index in [4.69, 9.17) is 24.4 Å². The molecule has 4 N–H and O–H groups in total. The van der Waals surface area contributed by atoms with E-state index >= 15 is 0 Å². The van der Waals surface area contributed by atoms with Crippen molar-refractivity contribution >= 4 is 46.1 Å². The first-order valence-corrected chi connectivity index (χ1v) is 7.70. The number of hydrazone groups is 2. The van der Waals surface area contributed by atoms with Gasteiger partial charge in [0.15, 0.2) is 10.2 Å². The summed E-state index contributed by atoms with van der Waals surface area (Å²) in [6.45, 7) is 5.52. The van der Waals surface area contributed by atoms with E-state index < -0.39 is 0 Å². The zero-order valence-corrected chi connectivity index (χ0v) is 13.6. The SMILES string of the molecule is CCNC(=S)N/N=C1\CCCC\C1=N/NC(=S)NCC. The zero-order valence-electron chi connectivity index (χ0n) is 12.0. The number of hydrogen-bond donors (Lipinski definition) is 4. The molecule has 0 atom stereocenters. The molecule has 0 aromatic carbocycles. The minimum absolute atomic E-state index is 0.529. The van der Waals surface area contributed by atoms with Crippen molar-refractivity contribution in [3.8, 4) is 0 Å². The third kappa shape index (κ3) is 6.25. The van der Waals surface area contributed by atoms with Crippen molar-refractivity contribution in [3.05, 3.63) is 0 Å². The molecule has 112 valence electrons. The van der Waals surface area contributed by atoms with E-state index in [1.54, 1.807) is 0 Å². The van der Waals surface area contributed by atoms with Gasteiger partial charge in [-0.3, -0.25) is 10.9 Å². The topological polar surface area (TPSA) is 72.8 Å². The molecule has 0 aliphatic heterocycles. The minimum Gasteiger partial charge on any atom is -0.362 e. The van der Waals surface area contributed by atoms with Gasteiger partial charge in [-0.15, -0.1) is 0 Å². The molecule has 1 aliphatic rings. The van der Waals surface area contributed by atoms with Gasteiger partial charge in [0.25, 0.3) is 0 Å². The van der Waals surface area contributed by atoms with Gasteiger partial charge >= 0.3 is 0 Å². The van der Waals surface area contributed by atoms with Gasteiger partial charge in [-0.1, -0.05) is 0 Å². The van der Waals surface area contributed by atoms with Crippen LogP contribution in [0.15, 0.2) is 10.2 Å². The molecule has 0 aromatic heterocycles. The first kappa shape index (κ1) is 16.8. The summed E-state index contributed by atoms with van der Waals surface area (Å²) >= 11 is 10.2. The van der Waals surface area contributed by atoms with E-state index in [1.807, 2.05) is 13.8 Å². The molecule has 6 nitrogen and oxygen atoms in total. The molecule has 0 bridgehead atoms. The Kier molecular flexibility index (Phi) is 8.05. The fraction of sp³-hybridized carbons (Fsp3) is 0.667. The maximum absolute atomic E-state index is 5.09. The van der Waals surface area contributed by atoms with Crippen LogP contribution in [0.1, 0.15) is 39.5 Å². The average Bonchev–Trinajstić information content (AvgIpc) is 2.44. The number of hydrogen-bond acceptors (Lipinski definition) is 4. The second-order valence-corrected chi connectivity index (χ2v) is 5.08. The van der Waals surface area contributed by atoms with Crippen LogP contribution in [-0.4, -0.2) is 34.7 Å². The Morgan fingerprint density at radius 1 is 0.900 bits per heavy atom. The lowest BCUT2D eigenvalue weighted by atomic mass is 9.96. The third-order valence-corrected chi connectivity index (χ3v) is 3.14. The van der Waals surface area contributed by atoms with E-state index in [0.717, 1.165) is 50.2 Å². The Hall–Kier alpha value is -1.28. The van der Waals surface area contributed by atoms with Crippen molar-refractivity contribution in [2.45, 2.75) is 39.5 Å². The maximum Gasteiger partial charge on any atom is 0.186 e. The first-order chi connectivity index (χ1) is 9.67. The van der Waals surface area contributed by atoms with Crippen molar-refractivity contribution in [3.63, 3.8) is 0 Å². The largest absolute Gasteiger partial charge is 0.362 e. The van der Waals surface area contributed by atoms with Crippen LogP contribution in [0.5, 0.6) is 0 Å². The normalized spacial score (nSPS) is 18.7. The molecule has 1 saturated carbocycles. The van der Waals surface area contributed by atoms with Gasteiger partial charge < -0.3 is 10.6 Å². The summed E-state index contributed by atoms with van der Waals surface area (Å²) in [4.78, 5) is 0. The van der Waals surface area contributed by atoms with Crippen LogP contribution in [0.2, 0.25) is 0 Å². The number of rotatable bonds is 4. The van der Waals surface area contributed by atoms with Crippen molar-refractivity contribution in [2.75, 3.05) is 13.1 Å². The van der Waals surface area contributed by atoms with Gasteiger partial charge in [0.05, 0.1) is 11.4 Å². The minimum atomic E-state index is 0.529. The highest BCUT2D eigenvalue weighted by atomic mass is 32.1. The van der Waals surface area contributed by atoms with Gasteiger partial charge in [-0.2, -0.15) is 10.2 Å². The summed E-state index contributed by atoms with van der Waals surface area (Å²) in [5.74, 6) is 0. The predicted molar refractivity (Wildman–Crippen MR) is 92.2 cm³/mol. The van der Waals surface area contributed by atoms with Crippen LogP contribution in [-0.2, 0) is 0 Å². The molecule has 0 unspecified atom stereocenters. The summed E-state index contributed by atoms with van der Waals surface area (Å²) in [5.41, 5.74) is 7.56. The van der Waals surface area contributed by atoms with Gasteiger partial charge in [-0.05, 0) is 64.0 Å². The Balaban J connectivity index is 2.61. The molecule has 0 saturated heterocycles. The monoisotopic (exact) mass is 314 g/mol. The fourth-order valence-electron chi connectivity index (χ4n) is 1.75. The molecule has 0 heterocycles. The van der Waals surface area contributed by atoms with Crippen molar-refractivity contribution in [1.29, 1.82) is 0 Å². The summed E-state index contributed by atoms with van der Waals surface area (Å²) in [5, 5.41) is 15.7. The molecular weight excluding hydrogens is 292 g/mol. The molecule has 0 amide bonds. The van der Waals surface area contributed by atoms with Crippen LogP contribution in [0.3, 0.4) is 0 Å². The predicted octanol–water partition coefficient (Wildman–Crippen LogP) is 1.24. The molecular formula is C12H22N6S2. The second-order valence-electron chi connectivity index (χ2n) is 4.27. The van der Waals surface area contributed by atoms with Crippen molar-refractivity contribution < 1.29 is 0 Å². The molecule has 0 spiro atoms. The number of nitrogens with one attached hydrogen (secondary N) is 4. The van der Waals surface area contributed by atoms with Gasteiger partial charge in [0.2, 0.25) is 0 Å². The Morgan fingerprint density at radius 2 is 1.30 bits per heavy atom. The molecule has 0 radical (unpaired) electrons. The highest BCUT2D eigenvalue weighted by molar-refractivity contribution is 7.80. The van der Waals surface area contributed by atoms with E-state index in [0.29, 0.717) is 10.2 Å². The molecule has 8 heteroatoms. The van der Waals surface area contributed by atoms with Gasteiger partial charge in [-0.25, -0.2) is 0 Å². The average molecular weight is 314 g/mol. The summed E-state index contributed by atoms with van der Waals surface area (Å²) in [6.07, 6.45) is 4.03. The number of nitrogens with zero attached hydrogens (tertiary/aromatic N) is 2. The van der Waals surface area contributed by atoms with E-state index in [2.05, 4.69) is 31.7 Å². The highest BCUT2D eigenvalue weighted by Gasteiger charge is 2.15. The van der Waals surface area contributed by atoms with Crippen LogP contribution in [0.4, 0.5) is 0 Å². The maximum atomic E-state index is 5.09. The lowest BCUT2D eigenvalue weighted by Gasteiger charge is -2.16. The lowest BCUT2D eigenvalue weighted by Crippen LogP contribution is -2.35. The van der Waals surface area contributed by atoms with Crippen LogP contribution in [0, 0.1) is 0 Å². The Bertz CT molecular complexity index is 367. The van der Waals surface area contributed by atoms with E-state index in [1.165, 1.54) is 0 Å². The summed E-state index contributed by atoms with van der Waals surface area (Å²) in [6, 6.07) is 0. The standard InChI is InChI=1S/C12H22N6S2/c1-3-13-11(19)17-15-9-7-5-6-8-10(9)16-18-12(20)14-4-2/h3-8H2,1-2H3,(H2,13,17,19)(H2,14,18,20)/b15-9+,16-10+. The molecule has 0 aromatic rings. The fourth-order valence-corrected chi connectivity index (χ4v) is 2.13. The lowest BCUT2D eigenvalue weighted by molar-refractivity contribution is 0.762. The summed E-state index contributed by atoms with van der Waals surface area (Å²) in [7, 11) is 0. The van der Waals surface area contributed by atoms with Crippen LogP contribution < -0.4 is 21.5 Å². The molecule has 1 aliphatic carbocycles. The van der Waals surface area contributed by atoms with Crippen molar-refractivity contribution in [1.82, 2.24) is 21.5 Å². The zero-order chi connectivity index (χ0) is 14.8. The third-order valence-electron chi connectivity index (χ3n) is 2.67. The number of thiocarbonyl (C=S) groups is 2. The quantitative estimate of drug-likeness (QED) is 0.462. The Morgan fingerprint density at radius 3 is 1.65 bits per heavy atom. The molecule has 20 heavy (non-hydrogen) atoms. The second kappa shape index (κ2) is 9.60. The van der Waals surface area contributed by atoms with Crippen molar-refractivity contribution in [2.24, 2.45) is 10.2 Å². The Labute approximate surface area is 130 Å². The highest BCUT2D eigenvalue weighted by Crippen LogP contribution is 2.12. The van der Waals surface area contributed by atoms with Gasteiger partial charge in [0, 0.05) is 13.1 Å². The first-order valence-electron chi connectivity index (χ1n) is 6.88. The van der Waals surface area contributed by atoms with Gasteiger partial charge in [0.1, 0.15) is 0 Å². The van der Waals surface area contributed by atoms with E-state index in [9.17, 15) is 0 Å². The van der Waals surface area contributed by atoms with E-state index in [-0.39, 0.29) is 0 Å².